The smallest absolute Gasteiger partial charge is 0.226 e. The van der Waals surface area contributed by atoms with Crippen LogP contribution in [0.1, 0.15) is 44.1 Å². The topological polar surface area (TPSA) is 41.6 Å². The highest BCUT2D eigenvalue weighted by atomic mass is 16.5. The SMILES string of the molecule is COc1ccc2ccccc2c1CN(C(=O)C1CCNCC1)C1CCCC1. The molecule has 0 aromatic heterocycles. The molecular formula is C23H30N2O2. The van der Waals surface area contributed by atoms with Crippen molar-refractivity contribution >= 4 is 16.7 Å². The molecule has 144 valence electrons. The molecule has 1 aliphatic carbocycles. The highest BCUT2D eigenvalue weighted by Crippen LogP contribution is 2.33. The molecule has 1 heterocycles. The Kier molecular flexibility index (Phi) is 5.63. The summed E-state index contributed by atoms with van der Waals surface area (Å²) in [6.45, 7) is 2.55. The first-order chi connectivity index (χ1) is 13.3. The van der Waals surface area contributed by atoms with E-state index >= 15 is 0 Å². The normalized spacial score (nSPS) is 18.7. The fourth-order valence-electron chi connectivity index (χ4n) is 4.75. The minimum absolute atomic E-state index is 0.160. The Morgan fingerprint density at radius 2 is 1.81 bits per heavy atom. The van der Waals surface area contributed by atoms with Gasteiger partial charge in [0.1, 0.15) is 5.75 Å². The lowest BCUT2D eigenvalue weighted by atomic mass is 9.94. The lowest BCUT2D eigenvalue weighted by molar-refractivity contribution is -0.139. The van der Waals surface area contributed by atoms with Crippen LogP contribution in [0.15, 0.2) is 36.4 Å². The van der Waals surface area contributed by atoms with Crippen molar-refractivity contribution in [2.45, 2.75) is 51.1 Å². The number of ether oxygens (including phenoxy) is 1. The van der Waals surface area contributed by atoms with E-state index in [0.29, 0.717) is 18.5 Å². The van der Waals surface area contributed by atoms with Crippen molar-refractivity contribution in [3.63, 3.8) is 0 Å². The molecule has 2 aromatic rings. The Balaban J connectivity index is 1.69. The van der Waals surface area contributed by atoms with E-state index in [1.54, 1.807) is 7.11 Å². The van der Waals surface area contributed by atoms with Gasteiger partial charge >= 0.3 is 0 Å². The number of carbonyl (C=O) groups is 1. The Morgan fingerprint density at radius 1 is 1.07 bits per heavy atom. The van der Waals surface area contributed by atoms with E-state index in [1.807, 2.05) is 6.07 Å². The summed E-state index contributed by atoms with van der Waals surface area (Å²) in [6, 6.07) is 12.9. The van der Waals surface area contributed by atoms with E-state index in [4.69, 9.17) is 4.74 Å². The second kappa shape index (κ2) is 8.30. The molecule has 4 heteroatoms. The van der Waals surface area contributed by atoms with E-state index in [9.17, 15) is 4.79 Å². The molecule has 1 aliphatic heterocycles. The van der Waals surface area contributed by atoms with Gasteiger partial charge in [0.25, 0.3) is 0 Å². The average molecular weight is 367 g/mol. The van der Waals surface area contributed by atoms with Gasteiger partial charge in [-0.1, -0.05) is 43.2 Å². The van der Waals surface area contributed by atoms with Crippen LogP contribution >= 0.6 is 0 Å². The molecule has 1 saturated carbocycles. The van der Waals surface area contributed by atoms with Gasteiger partial charge < -0.3 is 15.0 Å². The zero-order valence-corrected chi connectivity index (χ0v) is 16.2. The molecule has 4 rings (SSSR count). The summed E-state index contributed by atoms with van der Waals surface area (Å²) in [5.74, 6) is 1.39. The number of benzene rings is 2. The van der Waals surface area contributed by atoms with Crippen LogP contribution < -0.4 is 10.1 Å². The predicted molar refractivity (Wildman–Crippen MR) is 109 cm³/mol. The van der Waals surface area contributed by atoms with Crippen LogP contribution in [-0.4, -0.2) is 37.0 Å². The number of piperidine rings is 1. The fraction of sp³-hybridized carbons (Fsp3) is 0.522. The molecular weight excluding hydrogens is 336 g/mol. The fourth-order valence-corrected chi connectivity index (χ4v) is 4.75. The van der Waals surface area contributed by atoms with Gasteiger partial charge in [-0.3, -0.25) is 4.79 Å². The number of hydrogen-bond acceptors (Lipinski definition) is 3. The number of hydrogen-bond donors (Lipinski definition) is 1. The maximum absolute atomic E-state index is 13.5. The third-order valence-electron chi connectivity index (χ3n) is 6.28. The molecule has 1 N–H and O–H groups in total. The summed E-state index contributed by atoms with van der Waals surface area (Å²) in [7, 11) is 1.72. The summed E-state index contributed by atoms with van der Waals surface area (Å²) in [5.41, 5.74) is 1.14. The first kappa shape index (κ1) is 18.3. The van der Waals surface area contributed by atoms with Crippen molar-refractivity contribution < 1.29 is 9.53 Å². The largest absolute Gasteiger partial charge is 0.496 e. The van der Waals surface area contributed by atoms with Crippen molar-refractivity contribution in [3.05, 3.63) is 42.0 Å². The molecule has 0 spiro atoms. The van der Waals surface area contributed by atoms with Crippen LogP contribution in [0.4, 0.5) is 0 Å². The second-order valence-corrected chi connectivity index (χ2v) is 7.90. The summed E-state index contributed by atoms with van der Waals surface area (Å²) < 4.78 is 5.69. The molecule has 0 unspecified atom stereocenters. The van der Waals surface area contributed by atoms with Crippen LogP contribution in [0.25, 0.3) is 10.8 Å². The standard InChI is InChI=1S/C23H30N2O2/c1-27-22-11-10-17-6-2-5-9-20(17)21(22)16-25(19-7-3-4-8-19)23(26)18-12-14-24-15-13-18/h2,5-6,9-11,18-19,24H,3-4,7-8,12-16H2,1H3. The van der Waals surface area contributed by atoms with Crippen molar-refractivity contribution in [1.29, 1.82) is 0 Å². The molecule has 0 bridgehead atoms. The Bertz CT molecular complexity index is 792. The average Bonchev–Trinajstić information content (AvgIpc) is 3.26. The molecule has 2 fully saturated rings. The van der Waals surface area contributed by atoms with Crippen molar-refractivity contribution in [1.82, 2.24) is 10.2 Å². The Hall–Kier alpha value is -2.07. The molecule has 4 nitrogen and oxygen atoms in total. The molecule has 2 aliphatic rings. The monoisotopic (exact) mass is 366 g/mol. The molecule has 1 amide bonds. The number of carbonyl (C=O) groups excluding carboxylic acids is 1. The van der Waals surface area contributed by atoms with Crippen molar-refractivity contribution in [2.24, 2.45) is 5.92 Å². The third kappa shape index (κ3) is 3.81. The van der Waals surface area contributed by atoms with Crippen LogP contribution in [0.3, 0.4) is 0 Å². The second-order valence-electron chi connectivity index (χ2n) is 7.90. The van der Waals surface area contributed by atoms with Crippen molar-refractivity contribution in [3.8, 4) is 5.75 Å². The molecule has 0 radical (unpaired) electrons. The predicted octanol–water partition coefficient (Wildman–Crippen LogP) is 4.12. The molecule has 0 atom stereocenters. The number of nitrogens with one attached hydrogen (secondary N) is 1. The first-order valence-corrected chi connectivity index (χ1v) is 10.3. The number of methoxy groups -OCH3 is 1. The summed E-state index contributed by atoms with van der Waals surface area (Å²) in [4.78, 5) is 15.7. The summed E-state index contributed by atoms with van der Waals surface area (Å²) in [5, 5.41) is 5.77. The van der Waals surface area contributed by atoms with E-state index in [-0.39, 0.29) is 5.92 Å². The van der Waals surface area contributed by atoms with Crippen LogP contribution in [0, 0.1) is 5.92 Å². The van der Waals surface area contributed by atoms with Gasteiger partial charge in [-0.25, -0.2) is 0 Å². The highest BCUT2D eigenvalue weighted by Gasteiger charge is 2.32. The van der Waals surface area contributed by atoms with Gasteiger partial charge in [0, 0.05) is 17.5 Å². The minimum Gasteiger partial charge on any atom is -0.496 e. The van der Waals surface area contributed by atoms with Crippen LogP contribution in [-0.2, 0) is 11.3 Å². The lowest BCUT2D eigenvalue weighted by Crippen LogP contribution is -2.45. The van der Waals surface area contributed by atoms with Crippen LogP contribution in [0.5, 0.6) is 5.75 Å². The Labute approximate surface area is 161 Å². The van der Waals surface area contributed by atoms with Gasteiger partial charge in [0.05, 0.1) is 13.7 Å². The lowest BCUT2D eigenvalue weighted by Gasteiger charge is -2.34. The number of amides is 1. The van der Waals surface area contributed by atoms with Crippen molar-refractivity contribution in [2.75, 3.05) is 20.2 Å². The van der Waals surface area contributed by atoms with Gasteiger partial charge in [0.15, 0.2) is 0 Å². The number of fused-ring (bicyclic) bond motifs is 1. The molecule has 1 saturated heterocycles. The van der Waals surface area contributed by atoms with Gasteiger partial charge in [0.2, 0.25) is 5.91 Å². The number of rotatable bonds is 5. The van der Waals surface area contributed by atoms with E-state index < -0.39 is 0 Å². The molecule has 27 heavy (non-hydrogen) atoms. The quantitative estimate of drug-likeness (QED) is 0.865. The van der Waals surface area contributed by atoms with Gasteiger partial charge in [-0.05, 0) is 55.6 Å². The maximum Gasteiger partial charge on any atom is 0.226 e. The minimum atomic E-state index is 0.160. The van der Waals surface area contributed by atoms with Gasteiger partial charge in [-0.15, -0.1) is 0 Å². The first-order valence-electron chi connectivity index (χ1n) is 10.3. The van der Waals surface area contributed by atoms with Gasteiger partial charge in [-0.2, -0.15) is 0 Å². The van der Waals surface area contributed by atoms with Crippen LogP contribution in [0.2, 0.25) is 0 Å². The summed E-state index contributed by atoms with van der Waals surface area (Å²) >= 11 is 0. The summed E-state index contributed by atoms with van der Waals surface area (Å²) in [6.07, 6.45) is 6.62. The zero-order valence-electron chi connectivity index (χ0n) is 16.2. The van der Waals surface area contributed by atoms with E-state index in [0.717, 1.165) is 50.1 Å². The highest BCUT2D eigenvalue weighted by molar-refractivity contribution is 5.88. The molecule has 2 aromatic carbocycles. The van der Waals surface area contributed by atoms with E-state index in [1.165, 1.54) is 23.6 Å². The Morgan fingerprint density at radius 3 is 2.56 bits per heavy atom. The van der Waals surface area contributed by atoms with E-state index in [2.05, 4.69) is 40.5 Å². The third-order valence-corrected chi connectivity index (χ3v) is 6.28. The maximum atomic E-state index is 13.5. The zero-order chi connectivity index (χ0) is 18.6. The number of nitrogens with zero attached hydrogens (tertiary/aromatic N) is 1.